The van der Waals surface area contributed by atoms with Crippen LogP contribution in [0.4, 0.5) is 5.82 Å². The van der Waals surface area contributed by atoms with E-state index in [1.807, 2.05) is 31.4 Å². The van der Waals surface area contributed by atoms with E-state index in [0.29, 0.717) is 11.9 Å². The van der Waals surface area contributed by atoms with Gasteiger partial charge in [0.25, 0.3) is 0 Å². The molecule has 8 nitrogen and oxygen atoms in total. The molecule has 0 atom stereocenters. The maximum absolute atomic E-state index is 10.3. The molecule has 0 saturated heterocycles. The highest BCUT2D eigenvalue weighted by Crippen LogP contribution is 2.43. The van der Waals surface area contributed by atoms with E-state index in [2.05, 4.69) is 57.0 Å². The molecule has 1 aromatic carbocycles. The Morgan fingerprint density at radius 1 is 1.26 bits per heavy atom. The van der Waals surface area contributed by atoms with Gasteiger partial charge in [-0.2, -0.15) is 0 Å². The highest BCUT2D eigenvalue weighted by atomic mass is 16.1. The Morgan fingerprint density at radius 2 is 2.03 bits per heavy atom. The molecule has 0 bridgehead atoms. The predicted molar refractivity (Wildman–Crippen MR) is 142 cm³/mol. The van der Waals surface area contributed by atoms with Gasteiger partial charge in [0.05, 0.1) is 16.6 Å². The van der Waals surface area contributed by atoms with Gasteiger partial charge >= 0.3 is 0 Å². The van der Waals surface area contributed by atoms with Crippen LogP contribution in [0.3, 0.4) is 0 Å². The van der Waals surface area contributed by atoms with E-state index in [4.69, 9.17) is 11.5 Å². The van der Waals surface area contributed by atoms with Gasteiger partial charge in [-0.1, -0.05) is 30.9 Å². The summed E-state index contributed by atoms with van der Waals surface area (Å²) in [6, 6.07) is 10.7. The summed E-state index contributed by atoms with van der Waals surface area (Å²) in [6.07, 6.45) is 7.51. The highest BCUT2D eigenvalue weighted by Gasteiger charge is 2.27. The summed E-state index contributed by atoms with van der Waals surface area (Å²) >= 11 is 0. The largest absolute Gasteiger partial charge is 0.383 e. The number of primary amides is 1. The Balaban J connectivity index is 0.000000225. The van der Waals surface area contributed by atoms with Crippen molar-refractivity contribution < 1.29 is 4.79 Å². The third kappa shape index (κ3) is 4.93. The van der Waals surface area contributed by atoms with E-state index in [-0.39, 0.29) is 5.91 Å². The Labute approximate surface area is 205 Å². The second kappa shape index (κ2) is 10.1. The molecule has 0 unspecified atom stereocenters. The minimum absolute atomic E-state index is 0.387. The molecule has 5 rings (SSSR count). The van der Waals surface area contributed by atoms with Crippen molar-refractivity contribution in [2.24, 2.45) is 5.73 Å². The molecule has 4 N–H and O–H groups in total. The minimum Gasteiger partial charge on any atom is -0.383 e. The van der Waals surface area contributed by atoms with Crippen LogP contribution >= 0.6 is 0 Å². The standard InChI is InChI=1S/C19H15N5.C8H16N2O/c1-11-6-7-24-17(11)15(16-18(20)22-10-23-19(16)24)13-8-12-4-2-3-5-14(12)21-9-13;1-7(2)10(3)6-4-5-8(9)11/h2-5,8-10H,1,6-7H2,(H2,20,22,23);4-5,7H,6H2,1-3H3,(H2,9,11)/b;5-4+. The van der Waals surface area contributed by atoms with Crippen molar-refractivity contribution >= 4 is 39.2 Å². The third-order valence-electron chi connectivity index (χ3n) is 6.28. The quantitative estimate of drug-likeness (QED) is 0.427. The van der Waals surface area contributed by atoms with Crippen molar-refractivity contribution in [2.75, 3.05) is 19.3 Å². The Bertz CT molecular complexity index is 1430. The molecular weight excluding hydrogens is 438 g/mol. The zero-order chi connectivity index (χ0) is 25.1. The number of nitrogen functional groups attached to an aromatic ring is 1. The minimum atomic E-state index is -0.387. The molecule has 0 radical (unpaired) electrons. The van der Waals surface area contributed by atoms with E-state index < -0.39 is 0 Å². The van der Waals surface area contributed by atoms with Gasteiger partial charge in [-0.15, -0.1) is 0 Å². The lowest BCUT2D eigenvalue weighted by atomic mass is 9.99. The number of pyridine rings is 1. The molecule has 1 amide bonds. The summed E-state index contributed by atoms with van der Waals surface area (Å²) in [5.41, 5.74) is 17.2. The second-order valence-corrected chi connectivity index (χ2v) is 8.94. The Hall–Kier alpha value is -4.04. The van der Waals surface area contributed by atoms with Gasteiger partial charge < -0.3 is 20.9 Å². The lowest BCUT2D eigenvalue weighted by Crippen LogP contribution is -2.26. The van der Waals surface area contributed by atoms with E-state index in [1.54, 1.807) is 6.08 Å². The summed E-state index contributed by atoms with van der Waals surface area (Å²) < 4.78 is 2.19. The average molecular weight is 470 g/mol. The monoisotopic (exact) mass is 469 g/mol. The van der Waals surface area contributed by atoms with E-state index in [0.717, 1.165) is 63.8 Å². The van der Waals surface area contributed by atoms with Crippen LogP contribution in [0.25, 0.3) is 38.6 Å². The number of hydrogen-bond donors (Lipinski definition) is 2. The molecule has 0 saturated carbocycles. The van der Waals surface area contributed by atoms with Crippen LogP contribution in [0, 0.1) is 0 Å². The molecule has 3 aromatic heterocycles. The van der Waals surface area contributed by atoms with Gasteiger partial charge in [0.2, 0.25) is 5.91 Å². The summed E-state index contributed by atoms with van der Waals surface area (Å²) in [5.74, 6) is 0.111. The molecule has 1 aliphatic heterocycles. The molecule has 4 aromatic rings. The third-order valence-corrected chi connectivity index (χ3v) is 6.28. The molecule has 180 valence electrons. The van der Waals surface area contributed by atoms with Crippen molar-refractivity contribution in [1.82, 2.24) is 24.4 Å². The first-order valence-corrected chi connectivity index (χ1v) is 11.6. The summed E-state index contributed by atoms with van der Waals surface area (Å²) in [5, 5.41) is 1.99. The van der Waals surface area contributed by atoms with Crippen LogP contribution in [0.15, 0.2) is 61.6 Å². The molecule has 0 aliphatic carbocycles. The predicted octanol–water partition coefficient (Wildman–Crippen LogP) is 4.01. The Kier molecular flexibility index (Phi) is 6.93. The van der Waals surface area contributed by atoms with E-state index in [9.17, 15) is 4.79 Å². The first kappa shape index (κ1) is 24.1. The fourth-order valence-corrected chi connectivity index (χ4v) is 4.18. The smallest absolute Gasteiger partial charge is 0.241 e. The van der Waals surface area contributed by atoms with Crippen molar-refractivity contribution in [2.45, 2.75) is 32.9 Å². The molecule has 4 heterocycles. The lowest BCUT2D eigenvalue weighted by molar-refractivity contribution is -0.113. The maximum Gasteiger partial charge on any atom is 0.241 e. The topological polar surface area (TPSA) is 116 Å². The number of aryl methyl sites for hydroxylation is 1. The zero-order valence-electron chi connectivity index (χ0n) is 20.4. The van der Waals surface area contributed by atoms with Gasteiger partial charge in [0, 0.05) is 41.8 Å². The number of nitrogens with two attached hydrogens (primary N) is 2. The molecule has 0 spiro atoms. The van der Waals surface area contributed by atoms with Crippen LogP contribution in [-0.4, -0.2) is 50.0 Å². The number of allylic oxidation sites excluding steroid dienone is 1. The number of carbonyl (C=O) groups excluding carboxylic acids is 1. The number of fused-ring (bicyclic) bond motifs is 4. The first-order valence-electron chi connectivity index (χ1n) is 11.6. The van der Waals surface area contributed by atoms with Crippen molar-refractivity contribution in [3.05, 3.63) is 67.3 Å². The molecule has 8 heteroatoms. The van der Waals surface area contributed by atoms with E-state index >= 15 is 0 Å². The number of amides is 1. The number of aromatic nitrogens is 4. The van der Waals surface area contributed by atoms with Gasteiger partial charge in [-0.05, 0) is 51.1 Å². The van der Waals surface area contributed by atoms with Gasteiger partial charge in [-0.25, -0.2) is 9.97 Å². The summed E-state index contributed by atoms with van der Waals surface area (Å²) in [6.45, 7) is 10.1. The van der Waals surface area contributed by atoms with Gasteiger partial charge in [0.15, 0.2) is 0 Å². The number of likely N-dealkylation sites (N-methyl/N-ethyl adjacent to an activating group) is 1. The van der Waals surface area contributed by atoms with Crippen LogP contribution in [0.2, 0.25) is 0 Å². The zero-order valence-corrected chi connectivity index (χ0v) is 20.4. The number of rotatable bonds is 5. The normalized spacial score (nSPS) is 13.1. The van der Waals surface area contributed by atoms with E-state index in [1.165, 1.54) is 12.4 Å². The first-order chi connectivity index (χ1) is 16.8. The molecule has 1 aliphatic rings. The fourth-order valence-electron chi connectivity index (χ4n) is 4.18. The lowest BCUT2D eigenvalue weighted by Gasteiger charge is -2.18. The molecular formula is C27H31N7O. The number of hydrogen-bond acceptors (Lipinski definition) is 6. The molecule has 35 heavy (non-hydrogen) atoms. The number of nitrogens with zero attached hydrogens (tertiary/aromatic N) is 5. The number of carbonyl (C=O) groups is 1. The van der Waals surface area contributed by atoms with Crippen molar-refractivity contribution in [3.63, 3.8) is 0 Å². The van der Waals surface area contributed by atoms with Gasteiger partial charge in [-0.3, -0.25) is 9.78 Å². The van der Waals surface area contributed by atoms with Crippen molar-refractivity contribution in [3.8, 4) is 11.1 Å². The summed E-state index contributed by atoms with van der Waals surface area (Å²) in [7, 11) is 2.00. The Morgan fingerprint density at radius 3 is 2.77 bits per heavy atom. The number of para-hydroxylation sites is 1. The fraction of sp³-hybridized carbons (Fsp3) is 0.259. The van der Waals surface area contributed by atoms with Crippen LogP contribution in [0.5, 0.6) is 0 Å². The van der Waals surface area contributed by atoms with Crippen LogP contribution < -0.4 is 11.5 Å². The second-order valence-electron chi connectivity index (χ2n) is 8.94. The van der Waals surface area contributed by atoms with Crippen LogP contribution in [-0.2, 0) is 11.3 Å². The maximum atomic E-state index is 10.3. The number of benzene rings is 1. The van der Waals surface area contributed by atoms with Gasteiger partial charge in [0.1, 0.15) is 17.8 Å². The SMILES string of the molecule is C=C1CCn2c1c(-c1cnc3ccccc3c1)c1c(N)ncnc12.CC(C)N(C)C/C=C/C(N)=O. The summed E-state index contributed by atoms with van der Waals surface area (Å²) in [4.78, 5) is 25.6. The number of anilines is 1. The van der Waals surface area contributed by atoms with Crippen LogP contribution in [0.1, 0.15) is 26.0 Å². The highest BCUT2D eigenvalue weighted by molar-refractivity contribution is 6.07. The van der Waals surface area contributed by atoms with Crippen molar-refractivity contribution in [1.29, 1.82) is 0 Å². The molecule has 0 fully saturated rings. The average Bonchev–Trinajstić information content (AvgIpc) is 3.37.